The predicted molar refractivity (Wildman–Crippen MR) is 83.9 cm³/mol. The minimum absolute atomic E-state index is 0.633. The Hall–Kier alpha value is -0.870. The van der Waals surface area contributed by atoms with Gasteiger partial charge >= 0.3 is 0 Å². The summed E-state index contributed by atoms with van der Waals surface area (Å²) in [4.78, 5) is 6.96. The Kier molecular flexibility index (Phi) is 5.61. The van der Waals surface area contributed by atoms with Crippen LogP contribution in [-0.4, -0.2) is 46.2 Å². The average molecular weight is 278 g/mol. The van der Waals surface area contributed by atoms with E-state index in [0.717, 1.165) is 31.4 Å². The summed E-state index contributed by atoms with van der Waals surface area (Å²) in [6, 6.07) is 1.30. The van der Waals surface area contributed by atoms with Crippen molar-refractivity contribution in [2.75, 3.05) is 19.6 Å². The molecule has 3 unspecified atom stereocenters. The molecule has 1 aliphatic heterocycles. The van der Waals surface area contributed by atoms with Crippen LogP contribution in [0.5, 0.6) is 0 Å². The summed E-state index contributed by atoms with van der Waals surface area (Å²) >= 11 is 0. The van der Waals surface area contributed by atoms with E-state index in [2.05, 4.69) is 53.7 Å². The third-order valence-electron chi connectivity index (χ3n) is 4.91. The van der Waals surface area contributed by atoms with Gasteiger partial charge in [0.1, 0.15) is 5.82 Å². The van der Waals surface area contributed by atoms with Gasteiger partial charge in [-0.1, -0.05) is 20.3 Å². The third-order valence-corrected chi connectivity index (χ3v) is 4.91. The van der Waals surface area contributed by atoms with Gasteiger partial charge in [0.05, 0.1) is 0 Å². The Morgan fingerprint density at radius 2 is 2.25 bits per heavy atom. The molecule has 0 radical (unpaired) electrons. The van der Waals surface area contributed by atoms with Crippen molar-refractivity contribution in [2.45, 2.75) is 59.2 Å². The minimum atomic E-state index is 0.633. The molecule has 1 fully saturated rings. The fourth-order valence-electron chi connectivity index (χ4n) is 3.01. The highest BCUT2D eigenvalue weighted by molar-refractivity contribution is 4.89. The van der Waals surface area contributed by atoms with Crippen molar-refractivity contribution >= 4 is 0 Å². The number of hydrogen-bond acceptors (Lipinski definition) is 3. The summed E-state index contributed by atoms with van der Waals surface area (Å²) in [7, 11) is 0. The van der Waals surface area contributed by atoms with Crippen LogP contribution in [0, 0.1) is 12.8 Å². The second kappa shape index (κ2) is 7.23. The quantitative estimate of drug-likeness (QED) is 0.897. The van der Waals surface area contributed by atoms with Crippen LogP contribution in [0.2, 0.25) is 0 Å². The number of aromatic nitrogens is 2. The SMILES string of the molecule is CCC(C)C1CN(CCn2ccnc2C)C(C)CCN1. The van der Waals surface area contributed by atoms with Crippen LogP contribution < -0.4 is 5.32 Å². The molecule has 4 heteroatoms. The molecule has 1 N–H and O–H groups in total. The molecule has 1 aromatic rings. The van der Waals surface area contributed by atoms with Crippen LogP contribution in [0.1, 0.15) is 39.4 Å². The van der Waals surface area contributed by atoms with Crippen molar-refractivity contribution in [1.82, 2.24) is 19.8 Å². The summed E-state index contributed by atoms with van der Waals surface area (Å²) < 4.78 is 2.25. The monoisotopic (exact) mass is 278 g/mol. The van der Waals surface area contributed by atoms with Crippen LogP contribution in [0.25, 0.3) is 0 Å². The van der Waals surface area contributed by atoms with Crippen molar-refractivity contribution in [3.8, 4) is 0 Å². The van der Waals surface area contributed by atoms with Crippen molar-refractivity contribution in [2.24, 2.45) is 5.92 Å². The van der Waals surface area contributed by atoms with Gasteiger partial charge in [-0.3, -0.25) is 4.90 Å². The molecule has 2 rings (SSSR count). The molecule has 4 nitrogen and oxygen atoms in total. The first kappa shape index (κ1) is 15.5. The first-order chi connectivity index (χ1) is 9.61. The molecule has 1 saturated heterocycles. The van der Waals surface area contributed by atoms with E-state index >= 15 is 0 Å². The minimum Gasteiger partial charge on any atom is -0.334 e. The van der Waals surface area contributed by atoms with E-state index in [0.29, 0.717) is 12.1 Å². The maximum Gasteiger partial charge on any atom is 0.105 e. The van der Waals surface area contributed by atoms with Gasteiger partial charge in [-0.2, -0.15) is 0 Å². The maximum absolute atomic E-state index is 4.31. The van der Waals surface area contributed by atoms with Gasteiger partial charge in [0.15, 0.2) is 0 Å². The van der Waals surface area contributed by atoms with Crippen LogP contribution in [-0.2, 0) is 6.54 Å². The lowest BCUT2D eigenvalue weighted by atomic mass is 9.99. The fraction of sp³-hybridized carbons (Fsp3) is 0.812. The van der Waals surface area contributed by atoms with Crippen LogP contribution in [0.15, 0.2) is 12.4 Å². The number of imidazole rings is 1. The predicted octanol–water partition coefficient (Wildman–Crippen LogP) is 2.29. The summed E-state index contributed by atoms with van der Waals surface area (Å²) in [6.45, 7) is 13.6. The van der Waals surface area contributed by atoms with Gasteiger partial charge in [0.2, 0.25) is 0 Å². The van der Waals surface area contributed by atoms with Crippen LogP contribution >= 0.6 is 0 Å². The lowest BCUT2D eigenvalue weighted by Crippen LogP contribution is -2.44. The van der Waals surface area contributed by atoms with Gasteiger partial charge in [-0.25, -0.2) is 4.98 Å². The lowest BCUT2D eigenvalue weighted by molar-refractivity contribution is 0.181. The number of nitrogens with zero attached hydrogens (tertiary/aromatic N) is 3. The smallest absolute Gasteiger partial charge is 0.105 e. The molecule has 0 bridgehead atoms. The van der Waals surface area contributed by atoms with Gasteiger partial charge in [-0.15, -0.1) is 0 Å². The maximum atomic E-state index is 4.31. The molecule has 3 atom stereocenters. The topological polar surface area (TPSA) is 33.1 Å². The van der Waals surface area contributed by atoms with Crippen LogP contribution in [0.3, 0.4) is 0 Å². The second-order valence-corrected chi connectivity index (χ2v) is 6.25. The van der Waals surface area contributed by atoms with Crippen molar-refractivity contribution in [3.05, 3.63) is 18.2 Å². The Bertz CT molecular complexity index is 401. The zero-order chi connectivity index (χ0) is 14.5. The zero-order valence-electron chi connectivity index (χ0n) is 13.5. The molecule has 0 amide bonds. The van der Waals surface area contributed by atoms with Gasteiger partial charge in [0, 0.05) is 44.1 Å². The van der Waals surface area contributed by atoms with Crippen molar-refractivity contribution < 1.29 is 0 Å². The van der Waals surface area contributed by atoms with E-state index in [1.54, 1.807) is 0 Å². The average Bonchev–Trinajstić information content (AvgIpc) is 2.75. The van der Waals surface area contributed by atoms with E-state index in [-0.39, 0.29) is 0 Å². The Labute approximate surface area is 123 Å². The Balaban J connectivity index is 1.94. The van der Waals surface area contributed by atoms with Gasteiger partial charge in [-0.05, 0) is 32.7 Å². The lowest BCUT2D eigenvalue weighted by Gasteiger charge is -2.31. The first-order valence-corrected chi connectivity index (χ1v) is 8.07. The van der Waals surface area contributed by atoms with E-state index in [1.165, 1.54) is 19.4 Å². The normalized spacial score (nSPS) is 26.4. The summed E-state index contributed by atoms with van der Waals surface area (Å²) in [5.74, 6) is 1.86. The van der Waals surface area contributed by atoms with Gasteiger partial charge in [0.25, 0.3) is 0 Å². The molecular weight excluding hydrogens is 248 g/mol. The molecule has 0 aromatic carbocycles. The molecule has 0 spiro atoms. The largest absolute Gasteiger partial charge is 0.334 e. The number of nitrogens with one attached hydrogen (secondary N) is 1. The highest BCUT2D eigenvalue weighted by atomic mass is 15.2. The third kappa shape index (κ3) is 3.83. The Morgan fingerprint density at radius 1 is 1.45 bits per heavy atom. The number of hydrogen-bond donors (Lipinski definition) is 1. The van der Waals surface area contributed by atoms with E-state index in [1.807, 2.05) is 6.20 Å². The zero-order valence-corrected chi connectivity index (χ0v) is 13.5. The van der Waals surface area contributed by atoms with Gasteiger partial charge < -0.3 is 9.88 Å². The van der Waals surface area contributed by atoms with Crippen LogP contribution in [0.4, 0.5) is 0 Å². The van der Waals surface area contributed by atoms with Crippen molar-refractivity contribution in [3.63, 3.8) is 0 Å². The summed E-state index contributed by atoms with van der Waals surface area (Å²) in [6.07, 6.45) is 6.48. The molecule has 1 aromatic heterocycles. The molecule has 2 heterocycles. The molecule has 0 aliphatic carbocycles. The van der Waals surface area contributed by atoms with Crippen molar-refractivity contribution in [1.29, 1.82) is 0 Å². The standard InChI is InChI=1S/C16H30N4/c1-5-13(2)16-12-20(14(3)6-7-18-16)11-10-19-9-8-17-15(19)4/h8-9,13-14,16,18H,5-7,10-12H2,1-4H3. The Morgan fingerprint density at radius 3 is 2.90 bits per heavy atom. The molecule has 1 aliphatic rings. The molecule has 0 saturated carbocycles. The highest BCUT2D eigenvalue weighted by Crippen LogP contribution is 2.16. The molecule has 20 heavy (non-hydrogen) atoms. The summed E-state index contributed by atoms with van der Waals surface area (Å²) in [5, 5.41) is 3.74. The molecule has 114 valence electrons. The first-order valence-electron chi connectivity index (χ1n) is 8.07. The van der Waals surface area contributed by atoms with E-state index in [4.69, 9.17) is 0 Å². The van der Waals surface area contributed by atoms with E-state index < -0.39 is 0 Å². The number of aryl methyl sites for hydroxylation is 1. The molecular formula is C16H30N4. The summed E-state index contributed by atoms with van der Waals surface area (Å²) in [5.41, 5.74) is 0. The number of rotatable bonds is 5. The fourth-order valence-corrected chi connectivity index (χ4v) is 3.01. The van der Waals surface area contributed by atoms with E-state index in [9.17, 15) is 0 Å². The highest BCUT2D eigenvalue weighted by Gasteiger charge is 2.25. The second-order valence-electron chi connectivity index (χ2n) is 6.25.